The van der Waals surface area contributed by atoms with Crippen LogP contribution in [-0.4, -0.2) is 5.91 Å². The quantitative estimate of drug-likeness (QED) is 0.479. The van der Waals surface area contributed by atoms with E-state index in [1.807, 2.05) is 13.0 Å². The predicted molar refractivity (Wildman–Crippen MR) is 52.6 cm³/mol. The Morgan fingerprint density at radius 1 is 1.62 bits per heavy atom. The van der Waals surface area contributed by atoms with Crippen LogP contribution in [0.15, 0.2) is 11.6 Å². The summed E-state index contributed by atoms with van der Waals surface area (Å²) in [5.74, 6) is 3.76. The van der Waals surface area contributed by atoms with Crippen LogP contribution in [0.3, 0.4) is 0 Å². The second-order valence-corrected chi connectivity index (χ2v) is 3.58. The highest BCUT2D eigenvalue weighted by Crippen LogP contribution is 2.23. The molecule has 1 heterocycles. The zero-order chi connectivity index (χ0) is 9.84. The van der Waals surface area contributed by atoms with Crippen molar-refractivity contribution < 1.29 is 4.79 Å². The molecule has 1 unspecified atom stereocenters. The van der Waals surface area contributed by atoms with Crippen LogP contribution in [0.2, 0.25) is 0 Å². The van der Waals surface area contributed by atoms with E-state index in [0.717, 1.165) is 5.57 Å². The number of amides is 1. The molecule has 0 spiro atoms. The number of hydrogen-bond acceptors (Lipinski definition) is 1. The van der Waals surface area contributed by atoms with Gasteiger partial charge in [0.2, 0.25) is 5.91 Å². The molecule has 0 radical (unpaired) electrons. The first-order valence-electron chi connectivity index (χ1n) is 4.59. The van der Waals surface area contributed by atoms with Gasteiger partial charge in [0, 0.05) is 18.4 Å². The monoisotopic (exact) mass is 177 g/mol. The van der Waals surface area contributed by atoms with Crippen molar-refractivity contribution in [3.05, 3.63) is 11.6 Å². The van der Waals surface area contributed by atoms with Crippen molar-refractivity contribution in [2.75, 3.05) is 0 Å². The number of nitrogens with one attached hydrogen (secondary N) is 1. The van der Waals surface area contributed by atoms with Crippen LogP contribution < -0.4 is 5.32 Å². The maximum atomic E-state index is 11.2. The van der Waals surface area contributed by atoms with Crippen molar-refractivity contribution in [1.29, 1.82) is 0 Å². The minimum atomic E-state index is 0.00347. The van der Waals surface area contributed by atoms with E-state index in [4.69, 9.17) is 0 Å². The Morgan fingerprint density at radius 3 is 2.85 bits per heavy atom. The lowest BCUT2D eigenvalue weighted by Gasteiger charge is -2.16. The Kier molecular flexibility index (Phi) is 3.13. The van der Waals surface area contributed by atoms with E-state index in [-0.39, 0.29) is 11.8 Å². The molecule has 1 atom stereocenters. The summed E-state index contributed by atoms with van der Waals surface area (Å²) in [4.78, 5) is 11.2. The average Bonchev–Trinajstić information content (AvgIpc) is 2.26. The summed E-state index contributed by atoms with van der Waals surface area (Å²) in [6.07, 6.45) is 2.48. The van der Waals surface area contributed by atoms with Crippen molar-refractivity contribution in [1.82, 2.24) is 5.32 Å². The van der Waals surface area contributed by atoms with Gasteiger partial charge >= 0.3 is 0 Å². The third-order valence-electron chi connectivity index (χ3n) is 2.23. The molecule has 0 fully saturated rings. The van der Waals surface area contributed by atoms with Crippen molar-refractivity contribution >= 4 is 5.91 Å². The normalized spacial score (nSPS) is 25.1. The highest BCUT2D eigenvalue weighted by atomic mass is 16.1. The van der Waals surface area contributed by atoms with Crippen molar-refractivity contribution in [3.63, 3.8) is 0 Å². The molecule has 1 amide bonds. The number of rotatable bonds is 1. The van der Waals surface area contributed by atoms with E-state index in [1.54, 1.807) is 0 Å². The number of hydrogen-bond donors (Lipinski definition) is 1. The predicted octanol–water partition coefficient (Wildman–Crippen LogP) is 1.69. The van der Waals surface area contributed by atoms with Gasteiger partial charge in [-0.15, -0.1) is 0 Å². The molecule has 2 heteroatoms. The molecule has 0 aromatic heterocycles. The van der Waals surface area contributed by atoms with Crippen molar-refractivity contribution in [3.8, 4) is 12.0 Å². The molecule has 2 nitrogen and oxygen atoms in total. The zero-order valence-corrected chi connectivity index (χ0v) is 8.35. The minimum absolute atomic E-state index is 0.00347. The van der Waals surface area contributed by atoms with Crippen molar-refractivity contribution in [2.24, 2.45) is 11.8 Å². The fourth-order valence-electron chi connectivity index (χ4n) is 1.49. The molecule has 0 aromatic carbocycles. The Labute approximate surface area is 79.4 Å². The van der Waals surface area contributed by atoms with Gasteiger partial charge in [-0.25, -0.2) is 0 Å². The average molecular weight is 177 g/mol. The van der Waals surface area contributed by atoms with Crippen LogP contribution >= 0.6 is 0 Å². The molecule has 0 saturated carbocycles. The summed E-state index contributed by atoms with van der Waals surface area (Å²) in [6, 6.07) is 2.70. The van der Waals surface area contributed by atoms with Crippen LogP contribution in [0.4, 0.5) is 0 Å². The molecule has 0 bridgehead atoms. The Hall–Kier alpha value is -1.23. The third-order valence-corrected chi connectivity index (χ3v) is 2.23. The van der Waals surface area contributed by atoms with Crippen LogP contribution in [0, 0.1) is 23.8 Å². The summed E-state index contributed by atoms with van der Waals surface area (Å²) in [5.41, 5.74) is 1.14. The molecule has 1 aliphatic rings. The molecular weight excluding hydrogens is 162 g/mol. The smallest absolute Gasteiger partial charge is 0.235 e. The van der Waals surface area contributed by atoms with Gasteiger partial charge in [-0.2, -0.15) is 0 Å². The first-order valence-corrected chi connectivity index (χ1v) is 4.59. The number of carbonyl (C=O) groups is 1. The van der Waals surface area contributed by atoms with Gasteiger partial charge in [0.05, 0.1) is 0 Å². The second kappa shape index (κ2) is 4.13. The Morgan fingerprint density at radius 2 is 2.31 bits per heavy atom. The van der Waals surface area contributed by atoms with Gasteiger partial charge < -0.3 is 0 Å². The fraction of sp³-hybridized carbons (Fsp3) is 0.545. The second-order valence-electron chi connectivity index (χ2n) is 3.58. The number of carbonyl (C=O) groups excluding carboxylic acids is 1. The zero-order valence-electron chi connectivity index (χ0n) is 8.35. The van der Waals surface area contributed by atoms with Crippen LogP contribution in [0.1, 0.15) is 27.2 Å². The van der Waals surface area contributed by atoms with Gasteiger partial charge in [0.25, 0.3) is 0 Å². The standard InChI is InChI=1S/C11H15NO/c1-4-9-7-11(13)12-6-5-10(9)8(2)3/h4,8,10H,7H2,1-3H3,(H,12,13)/b9-4+. The van der Waals surface area contributed by atoms with E-state index in [9.17, 15) is 4.79 Å². The van der Waals surface area contributed by atoms with E-state index >= 15 is 0 Å². The minimum Gasteiger partial charge on any atom is -0.285 e. The lowest BCUT2D eigenvalue weighted by atomic mass is 9.87. The highest BCUT2D eigenvalue weighted by Gasteiger charge is 2.19. The molecule has 0 aromatic rings. The molecule has 13 heavy (non-hydrogen) atoms. The first kappa shape index (κ1) is 9.85. The topological polar surface area (TPSA) is 29.1 Å². The van der Waals surface area contributed by atoms with E-state index < -0.39 is 0 Å². The fourth-order valence-corrected chi connectivity index (χ4v) is 1.49. The lowest BCUT2D eigenvalue weighted by molar-refractivity contribution is -0.119. The summed E-state index contributed by atoms with van der Waals surface area (Å²) in [5, 5.41) is 2.55. The molecule has 70 valence electrons. The van der Waals surface area contributed by atoms with Gasteiger partial charge in [0.15, 0.2) is 0 Å². The Bertz CT molecular complexity index is 291. The summed E-state index contributed by atoms with van der Waals surface area (Å²) in [6.45, 7) is 6.21. The number of allylic oxidation sites excluding steroid dienone is 1. The van der Waals surface area contributed by atoms with Gasteiger partial charge in [-0.1, -0.05) is 25.8 Å². The summed E-state index contributed by atoms with van der Waals surface area (Å²) in [7, 11) is 0. The third kappa shape index (κ3) is 2.35. The van der Waals surface area contributed by atoms with Crippen LogP contribution in [0.5, 0.6) is 0 Å². The maximum absolute atomic E-state index is 11.2. The van der Waals surface area contributed by atoms with E-state index in [0.29, 0.717) is 12.3 Å². The first-order chi connectivity index (χ1) is 6.15. The van der Waals surface area contributed by atoms with Crippen molar-refractivity contribution in [2.45, 2.75) is 27.2 Å². The molecular formula is C11H15NO. The van der Waals surface area contributed by atoms with E-state index in [2.05, 4.69) is 31.1 Å². The Balaban J connectivity index is 2.91. The summed E-state index contributed by atoms with van der Waals surface area (Å²) < 4.78 is 0. The maximum Gasteiger partial charge on any atom is 0.235 e. The molecule has 1 aliphatic heterocycles. The highest BCUT2D eigenvalue weighted by molar-refractivity contribution is 5.81. The SMILES string of the molecule is C/C=C1\CC(=O)NC#CC1C(C)C. The van der Waals surface area contributed by atoms with Gasteiger partial charge in [-0.05, 0) is 18.4 Å². The largest absolute Gasteiger partial charge is 0.285 e. The van der Waals surface area contributed by atoms with Gasteiger partial charge in [-0.3, -0.25) is 10.1 Å². The molecule has 1 rings (SSSR count). The lowest BCUT2D eigenvalue weighted by Crippen LogP contribution is -2.17. The van der Waals surface area contributed by atoms with E-state index in [1.165, 1.54) is 0 Å². The molecule has 0 saturated heterocycles. The van der Waals surface area contributed by atoms with Crippen LogP contribution in [-0.2, 0) is 4.79 Å². The van der Waals surface area contributed by atoms with Gasteiger partial charge in [0.1, 0.15) is 0 Å². The molecule has 0 aliphatic carbocycles. The van der Waals surface area contributed by atoms with Crippen LogP contribution in [0.25, 0.3) is 0 Å². The summed E-state index contributed by atoms with van der Waals surface area (Å²) >= 11 is 0. The molecule has 1 N–H and O–H groups in total.